The van der Waals surface area contributed by atoms with E-state index in [0.29, 0.717) is 26.1 Å². The standard InChI is InChI=1S/C19H36O4/c1-3-5-12-16-22-18(20)14-10-8-7-9-11-15-19(21)23-17-13-6-4-2/h3-17H2,1-2H3. The summed E-state index contributed by atoms with van der Waals surface area (Å²) in [6.45, 7) is 5.39. The maximum atomic E-state index is 11.4. The van der Waals surface area contributed by atoms with Gasteiger partial charge in [-0.25, -0.2) is 0 Å². The molecular weight excluding hydrogens is 292 g/mol. The van der Waals surface area contributed by atoms with Crippen LogP contribution in [0.1, 0.15) is 97.3 Å². The number of hydrogen-bond acceptors (Lipinski definition) is 4. The highest BCUT2D eigenvalue weighted by molar-refractivity contribution is 5.69. The van der Waals surface area contributed by atoms with Gasteiger partial charge in [0, 0.05) is 12.8 Å². The zero-order chi connectivity index (χ0) is 17.2. The summed E-state index contributed by atoms with van der Waals surface area (Å²) in [5.41, 5.74) is 0. The molecule has 0 saturated carbocycles. The Balaban J connectivity index is 3.26. The molecule has 0 saturated heterocycles. The maximum Gasteiger partial charge on any atom is 0.305 e. The van der Waals surface area contributed by atoms with E-state index < -0.39 is 0 Å². The average Bonchev–Trinajstić information content (AvgIpc) is 2.54. The maximum absolute atomic E-state index is 11.4. The van der Waals surface area contributed by atoms with Crippen LogP contribution < -0.4 is 0 Å². The first-order valence-electron chi connectivity index (χ1n) is 9.52. The molecule has 0 aromatic rings. The fraction of sp³-hybridized carbons (Fsp3) is 0.895. The Bertz CT molecular complexity index is 261. The molecule has 0 atom stereocenters. The summed E-state index contributed by atoms with van der Waals surface area (Å²) in [6, 6.07) is 0. The van der Waals surface area contributed by atoms with Crippen molar-refractivity contribution in [3.8, 4) is 0 Å². The summed E-state index contributed by atoms with van der Waals surface area (Å²) < 4.78 is 10.3. The van der Waals surface area contributed by atoms with Crippen LogP contribution in [-0.4, -0.2) is 25.2 Å². The molecule has 0 heterocycles. The molecule has 0 aromatic heterocycles. The summed E-state index contributed by atoms with van der Waals surface area (Å²) in [4.78, 5) is 22.9. The van der Waals surface area contributed by atoms with Crippen LogP contribution in [0.15, 0.2) is 0 Å². The van der Waals surface area contributed by atoms with Crippen molar-refractivity contribution in [1.82, 2.24) is 0 Å². The van der Waals surface area contributed by atoms with Gasteiger partial charge in [0.15, 0.2) is 0 Å². The van der Waals surface area contributed by atoms with E-state index in [1.54, 1.807) is 0 Å². The Morgan fingerprint density at radius 3 is 1.35 bits per heavy atom. The van der Waals surface area contributed by atoms with Gasteiger partial charge < -0.3 is 9.47 Å². The lowest BCUT2D eigenvalue weighted by atomic mass is 10.1. The summed E-state index contributed by atoms with van der Waals surface area (Å²) >= 11 is 0. The van der Waals surface area contributed by atoms with Crippen molar-refractivity contribution in [2.24, 2.45) is 0 Å². The first kappa shape index (κ1) is 21.9. The topological polar surface area (TPSA) is 52.6 Å². The second-order valence-corrected chi connectivity index (χ2v) is 6.12. The SMILES string of the molecule is CCCCCOC(=O)CCCCCCCC(=O)OCCCCC. The van der Waals surface area contributed by atoms with Crippen molar-refractivity contribution in [3.63, 3.8) is 0 Å². The molecule has 0 fully saturated rings. The highest BCUT2D eigenvalue weighted by Gasteiger charge is 2.04. The van der Waals surface area contributed by atoms with Crippen molar-refractivity contribution in [1.29, 1.82) is 0 Å². The van der Waals surface area contributed by atoms with Gasteiger partial charge in [-0.05, 0) is 25.7 Å². The van der Waals surface area contributed by atoms with E-state index in [1.807, 2.05) is 0 Å². The molecule has 0 spiro atoms. The lowest BCUT2D eigenvalue weighted by molar-refractivity contribution is -0.144. The molecule has 23 heavy (non-hydrogen) atoms. The second-order valence-electron chi connectivity index (χ2n) is 6.12. The number of ether oxygens (including phenoxy) is 2. The predicted molar refractivity (Wildman–Crippen MR) is 93.3 cm³/mol. The number of carbonyl (C=O) groups is 2. The van der Waals surface area contributed by atoms with E-state index in [1.165, 1.54) is 0 Å². The minimum absolute atomic E-state index is 0.0724. The number of hydrogen-bond donors (Lipinski definition) is 0. The van der Waals surface area contributed by atoms with Crippen LogP contribution >= 0.6 is 0 Å². The summed E-state index contributed by atoms with van der Waals surface area (Å²) in [7, 11) is 0. The Kier molecular flexibility index (Phi) is 16.5. The van der Waals surface area contributed by atoms with Gasteiger partial charge in [-0.15, -0.1) is 0 Å². The van der Waals surface area contributed by atoms with E-state index >= 15 is 0 Å². The smallest absolute Gasteiger partial charge is 0.305 e. The van der Waals surface area contributed by atoms with E-state index in [2.05, 4.69) is 13.8 Å². The third-order valence-corrected chi connectivity index (χ3v) is 3.78. The highest BCUT2D eigenvalue weighted by atomic mass is 16.5. The molecule has 0 aliphatic rings. The molecule has 0 radical (unpaired) electrons. The van der Waals surface area contributed by atoms with E-state index in [9.17, 15) is 9.59 Å². The van der Waals surface area contributed by atoms with Crippen LogP contribution in [0.4, 0.5) is 0 Å². The number of unbranched alkanes of at least 4 members (excludes halogenated alkanes) is 8. The quantitative estimate of drug-likeness (QED) is 0.289. The van der Waals surface area contributed by atoms with Gasteiger partial charge in [0.1, 0.15) is 0 Å². The molecule has 136 valence electrons. The fourth-order valence-corrected chi connectivity index (χ4v) is 2.29. The van der Waals surface area contributed by atoms with Gasteiger partial charge in [0.25, 0.3) is 0 Å². The Hall–Kier alpha value is -1.06. The van der Waals surface area contributed by atoms with Gasteiger partial charge in [-0.1, -0.05) is 58.8 Å². The number of rotatable bonds is 16. The molecule has 4 nitrogen and oxygen atoms in total. The highest BCUT2D eigenvalue weighted by Crippen LogP contribution is 2.09. The molecule has 0 amide bonds. The normalized spacial score (nSPS) is 10.5. The molecule has 0 aromatic carbocycles. The van der Waals surface area contributed by atoms with Gasteiger partial charge in [-0.2, -0.15) is 0 Å². The molecule has 0 rings (SSSR count). The van der Waals surface area contributed by atoms with Crippen LogP contribution in [-0.2, 0) is 19.1 Å². The minimum Gasteiger partial charge on any atom is -0.466 e. The van der Waals surface area contributed by atoms with Crippen molar-refractivity contribution in [2.45, 2.75) is 97.3 Å². The largest absolute Gasteiger partial charge is 0.466 e. The van der Waals surface area contributed by atoms with E-state index in [-0.39, 0.29) is 11.9 Å². The van der Waals surface area contributed by atoms with Crippen molar-refractivity contribution >= 4 is 11.9 Å². The van der Waals surface area contributed by atoms with Crippen LogP contribution in [0.25, 0.3) is 0 Å². The first-order valence-corrected chi connectivity index (χ1v) is 9.52. The van der Waals surface area contributed by atoms with Crippen molar-refractivity contribution < 1.29 is 19.1 Å². The Labute approximate surface area is 142 Å². The van der Waals surface area contributed by atoms with Crippen LogP contribution in [0.2, 0.25) is 0 Å². The molecule has 0 aliphatic heterocycles. The second kappa shape index (κ2) is 17.3. The lowest BCUT2D eigenvalue weighted by Crippen LogP contribution is -2.06. The van der Waals surface area contributed by atoms with Crippen molar-refractivity contribution in [3.05, 3.63) is 0 Å². The molecule has 0 unspecified atom stereocenters. The summed E-state index contributed by atoms with van der Waals surface area (Å²) in [6.07, 6.45) is 12.4. The summed E-state index contributed by atoms with van der Waals surface area (Å²) in [5.74, 6) is -0.145. The van der Waals surface area contributed by atoms with E-state index in [4.69, 9.17) is 9.47 Å². The fourth-order valence-electron chi connectivity index (χ4n) is 2.29. The van der Waals surface area contributed by atoms with Crippen LogP contribution in [0, 0.1) is 0 Å². The van der Waals surface area contributed by atoms with Crippen LogP contribution in [0.5, 0.6) is 0 Å². The third-order valence-electron chi connectivity index (χ3n) is 3.78. The first-order chi connectivity index (χ1) is 11.2. The van der Waals surface area contributed by atoms with Gasteiger partial charge >= 0.3 is 11.9 Å². The minimum atomic E-state index is -0.0724. The number of esters is 2. The van der Waals surface area contributed by atoms with Gasteiger partial charge in [0.05, 0.1) is 13.2 Å². The molecule has 0 N–H and O–H groups in total. The zero-order valence-electron chi connectivity index (χ0n) is 15.2. The molecule has 0 bridgehead atoms. The van der Waals surface area contributed by atoms with Crippen LogP contribution in [0.3, 0.4) is 0 Å². The van der Waals surface area contributed by atoms with Gasteiger partial charge in [-0.3, -0.25) is 9.59 Å². The Morgan fingerprint density at radius 2 is 0.957 bits per heavy atom. The monoisotopic (exact) mass is 328 g/mol. The predicted octanol–water partition coefficient (Wildman–Crippen LogP) is 5.18. The molecule has 0 aliphatic carbocycles. The lowest BCUT2D eigenvalue weighted by Gasteiger charge is -2.05. The van der Waals surface area contributed by atoms with Gasteiger partial charge in [0.2, 0.25) is 0 Å². The third kappa shape index (κ3) is 17.1. The molecular formula is C19H36O4. The van der Waals surface area contributed by atoms with E-state index in [0.717, 1.165) is 70.6 Å². The number of carbonyl (C=O) groups excluding carboxylic acids is 2. The van der Waals surface area contributed by atoms with Crippen molar-refractivity contribution in [2.75, 3.05) is 13.2 Å². The molecule has 4 heteroatoms. The Morgan fingerprint density at radius 1 is 0.565 bits per heavy atom. The zero-order valence-corrected chi connectivity index (χ0v) is 15.2. The average molecular weight is 328 g/mol. The summed E-state index contributed by atoms with van der Waals surface area (Å²) in [5, 5.41) is 0.